The van der Waals surface area contributed by atoms with Crippen molar-refractivity contribution in [1.82, 2.24) is 4.98 Å². The van der Waals surface area contributed by atoms with Gasteiger partial charge in [-0.1, -0.05) is 41.9 Å². The molecule has 6 nitrogen and oxygen atoms in total. The number of anilines is 2. The van der Waals surface area contributed by atoms with Crippen molar-refractivity contribution in [2.45, 2.75) is 4.90 Å². The molecule has 0 fully saturated rings. The highest BCUT2D eigenvalue weighted by Crippen LogP contribution is 2.24. The van der Waals surface area contributed by atoms with Crippen molar-refractivity contribution < 1.29 is 13.2 Å². The second-order valence-corrected chi connectivity index (χ2v) is 7.27. The Morgan fingerprint density at radius 1 is 0.923 bits per heavy atom. The Hall–Kier alpha value is -2.90. The number of rotatable bonds is 5. The first-order chi connectivity index (χ1) is 12.5. The molecule has 1 amide bonds. The molecule has 0 atom stereocenters. The molecule has 8 heteroatoms. The molecule has 0 aliphatic heterocycles. The standard InChI is InChI=1S/C18H14ClN3O3S/c19-17-16(11-6-12-20-17)26(24,25)22-15-10-5-4-9-14(15)18(23)21-13-7-2-1-3-8-13/h1-12,22H,(H,21,23). The molecule has 0 aliphatic rings. The van der Waals surface area contributed by atoms with Crippen molar-refractivity contribution in [3.05, 3.63) is 83.6 Å². The Morgan fingerprint density at radius 3 is 2.35 bits per heavy atom. The van der Waals surface area contributed by atoms with Crippen LogP contribution in [0.4, 0.5) is 11.4 Å². The number of carbonyl (C=O) groups is 1. The maximum absolute atomic E-state index is 12.6. The predicted molar refractivity (Wildman–Crippen MR) is 101 cm³/mol. The Kier molecular flexibility index (Phi) is 5.20. The summed E-state index contributed by atoms with van der Waals surface area (Å²) in [5.41, 5.74) is 0.922. The van der Waals surface area contributed by atoms with Gasteiger partial charge in [0.05, 0.1) is 11.3 Å². The maximum atomic E-state index is 12.6. The highest BCUT2D eigenvalue weighted by Gasteiger charge is 2.21. The van der Waals surface area contributed by atoms with Crippen LogP contribution in [-0.4, -0.2) is 19.3 Å². The van der Waals surface area contributed by atoms with Crippen molar-refractivity contribution in [2.24, 2.45) is 0 Å². The van der Waals surface area contributed by atoms with E-state index < -0.39 is 15.9 Å². The zero-order valence-electron chi connectivity index (χ0n) is 13.4. The average Bonchev–Trinajstić information content (AvgIpc) is 2.63. The monoisotopic (exact) mass is 387 g/mol. The van der Waals surface area contributed by atoms with Crippen molar-refractivity contribution in [2.75, 3.05) is 10.0 Å². The van der Waals surface area contributed by atoms with Crippen LogP contribution in [0.3, 0.4) is 0 Å². The zero-order valence-corrected chi connectivity index (χ0v) is 15.0. The van der Waals surface area contributed by atoms with Crippen LogP contribution >= 0.6 is 11.6 Å². The first-order valence-electron chi connectivity index (χ1n) is 7.56. The number of benzene rings is 2. The lowest BCUT2D eigenvalue weighted by Crippen LogP contribution is -2.19. The van der Waals surface area contributed by atoms with Crippen molar-refractivity contribution in [3.8, 4) is 0 Å². The van der Waals surface area contributed by atoms with Gasteiger partial charge in [0, 0.05) is 11.9 Å². The number of amides is 1. The van der Waals surface area contributed by atoms with Crippen molar-refractivity contribution >= 4 is 38.9 Å². The van der Waals surface area contributed by atoms with Gasteiger partial charge in [0.25, 0.3) is 15.9 Å². The van der Waals surface area contributed by atoms with E-state index in [1.807, 2.05) is 6.07 Å². The van der Waals surface area contributed by atoms with E-state index in [2.05, 4.69) is 15.0 Å². The number of pyridine rings is 1. The normalized spacial score (nSPS) is 11.0. The number of halogens is 1. The molecule has 1 aromatic heterocycles. The summed E-state index contributed by atoms with van der Waals surface area (Å²) in [6.45, 7) is 0. The number of nitrogens with zero attached hydrogens (tertiary/aromatic N) is 1. The van der Waals surface area contributed by atoms with Gasteiger partial charge in [-0.25, -0.2) is 13.4 Å². The molecule has 3 aromatic rings. The van der Waals surface area contributed by atoms with Crippen molar-refractivity contribution in [3.63, 3.8) is 0 Å². The fourth-order valence-corrected chi connectivity index (χ4v) is 3.80. The van der Waals surface area contributed by atoms with Crippen LogP contribution in [0.5, 0.6) is 0 Å². The van der Waals surface area contributed by atoms with Crippen LogP contribution in [-0.2, 0) is 10.0 Å². The molecular weight excluding hydrogens is 374 g/mol. The lowest BCUT2D eigenvalue weighted by molar-refractivity contribution is 0.102. The van der Waals surface area contributed by atoms with Gasteiger partial charge >= 0.3 is 0 Å². The largest absolute Gasteiger partial charge is 0.322 e. The van der Waals surface area contributed by atoms with E-state index in [0.717, 1.165) is 0 Å². The molecule has 1 heterocycles. The number of para-hydroxylation sites is 2. The van der Waals surface area contributed by atoms with E-state index in [9.17, 15) is 13.2 Å². The Bertz CT molecular complexity index is 1040. The number of hydrogen-bond acceptors (Lipinski definition) is 4. The third-order valence-electron chi connectivity index (χ3n) is 3.46. The quantitative estimate of drug-likeness (QED) is 0.652. The van der Waals surface area contributed by atoms with Crippen LogP contribution < -0.4 is 10.0 Å². The van der Waals surface area contributed by atoms with E-state index in [4.69, 9.17) is 11.6 Å². The minimum atomic E-state index is -4.00. The molecular formula is C18H14ClN3O3S. The molecule has 0 bridgehead atoms. The Morgan fingerprint density at radius 2 is 1.62 bits per heavy atom. The minimum absolute atomic E-state index is 0.140. The van der Waals surface area contributed by atoms with E-state index in [1.54, 1.807) is 36.4 Å². The topological polar surface area (TPSA) is 88.2 Å². The van der Waals surface area contributed by atoms with Gasteiger partial charge in [-0.2, -0.15) is 0 Å². The molecule has 2 aromatic carbocycles. The molecule has 2 N–H and O–H groups in total. The number of hydrogen-bond donors (Lipinski definition) is 2. The molecule has 0 saturated heterocycles. The minimum Gasteiger partial charge on any atom is -0.322 e. The summed E-state index contributed by atoms with van der Waals surface area (Å²) < 4.78 is 27.6. The molecule has 26 heavy (non-hydrogen) atoms. The Labute approximate surface area is 155 Å². The highest BCUT2D eigenvalue weighted by molar-refractivity contribution is 7.92. The fraction of sp³-hybridized carbons (Fsp3) is 0. The van der Waals surface area contributed by atoms with Crippen LogP contribution in [0.15, 0.2) is 77.8 Å². The summed E-state index contributed by atoms with van der Waals surface area (Å²) >= 11 is 5.88. The van der Waals surface area contributed by atoms with Gasteiger partial charge in [0.2, 0.25) is 0 Å². The third kappa shape index (κ3) is 4.01. The summed E-state index contributed by atoms with van der Waals surface area (Å²) in [6.07, 6.45) is 1.39. The molecule has 132 valence electrons. The summed E-state index contributed by atoms with van der Waals surface area (Å²) in [5, 5.41) is 2.58. The van der Waals surface area contributed by atoms with E-state index in [-0.39, 0.29) is 21.3 Å². The predicted octanol–water partition coefficient (Wildman–Crippen LogP) is 3.79. The van der Waals surface area contributed by atoms with E-state index in [1.165, 1.54) is 30.5 Å². The second kappa shape index (κ2) is 7.55. The van der Waals surface area contributed by atoms with Gasteiger partial charge in [0.1, 0.15) is 10.0 Å². The molecule has 0 saturated carbocycles. The summed E-state index contributed by atoms with van der Waals surface area (Å²) in [5.74, 6) is -0.438. The number of nitrogens with one attached hydrogen (secondary N) is 2. The smallest absolute Gasteiger partial charge is 0.264 e. The van der Waals surface area contributed by atoms with Gasteiger partial charge in [-0.15, -0.1) is 0 Å². The lowest BCUT2D eigenvalue weighted by atomic mass is 10.1. The van der Waals surface area contributed by atoms with E-state index >= 15 is 0 Å². The maximum Gasteiger partial charge on any atom is 0.264 e. The first kappa shape index (κ1) is 17.9. The Balaban J connectivity index is 1.90. The molecule has 0 radical (unpaired) electrons. The lowest BCUT2D eigenvalue weighted by Gasteiger charge is -2.13. The fourth-order valence-electron chi connectivity index (χ4n) is 2.26. The second-order valence-electron chi connectivity index (χ2n) is 5.26. The third-order valence-corrected chi connectivity index (χ3v) is 5.27. The molecule has 0 aliphatic carbocycles. The molecule has 0 unspecified atom stereocenters. The molecule has 3 rings (SSSR count). The van der Waals surface area contributed by atoms with E-state index in [0.29, 0.717) is 5.69 Å². The van der Waals surface area contributed by atoms with Gasteiger partial charge < -0.3 is 5.32 Å². The van der Waals surface area contributed by atoms with Crippen LogP contribution in [0.25, 0.3) is 0 Å². The average molecular weight is 388 g/mol. The van der Waals surface area contributed by atoms with Crippen LogP contribution in [0.2, 0.25) is 5.15 Å². The number of aromatic nitrogens is 1. The van der Waals surface area contributed by atoms with Crippen LogP contribution in [0.1, 0.15) is 10.4 Å². The van der Waals surface area contributed by atoms with Gasteiger partial charge in [-0.05, 0) is 36.4 Å². The van der Waals surface area contributed by atoms with Crippen molar-refractivity contribution in [1.29, 1.82) is 0 Å². The summed E-state index contributed by atoms with van der Waals surface area (Å²) in [6, 6.07) is 18.0. The first-order valence-corrected chi connectivity index (χ1v) is 9.42. The van der Waals surface area contributed by atoms with Gasteiger partial charge in [0.15, 0.2) is 0 Å². The highest BCUT2D eigenvalue weighted by atomic mass is 35.5. The number of sulfonamides is 1. The van der Waals surface area contributed by atoms with Crippen LogP contribution in [0, 0.1) is 0 Å². The van der Waals surface area contributed by atoms with Gasteiger partial charge in [-0.3, -0.25) is 9.52 Å². The molecule has 0 spiro atoms. The SMILES string of the molecule is O=C(Nc1ccccc1)c1ccccc1NS(=O)(=O)c1cccnc1Cl. The number of carbonyl (C=O) groups excluding carboxylic acids is 1. The summed E-state index contributed by atoms with van der Waals surface area (Å²) in [7, 11) is -4.00. The summed E-state index contributed by atoms with van der Waals surface area (Å²) in [4.78, 5) is 16.1. The zero-order chi connectivity index (χ0) is 18.6.